The van der Waals surface area contributed by atoms with Crippen molar-refractivity contribution in [2.24, 2.45) is 5.92 Å². The van der Waals surface area contributed by atoms with E-state index in [-0.39, 0.29) is 11.4 Å². The van der Waals surface area contributed by atoms with Crippen LogP contribution in [-0.2, 0) is 4.79 Å². The molecule has 0 saturated heterocycles. The van der Waals surface area contributed by atoms with Crippen LogP contribution in [0.3, 0.4) is 0 Å². The Morgan fingerprint density at radius 1 is 1.40 bits per heavy atom. The van der Waals surface area contributed by atoms with Crippen molar-refractivity contribution in [1.82, 2.24) is 10.3 Å². The largest absolute Gasteiger partial charge is 0.478 e. The molecular weight excluding hydrogens is 256 g/mol. The van der Waals surface area contributed by atoms with Crippen LogP contribution >= 0.6 is 0 Å². The van der Waals surface area contributed by atoms with Crippen LogP contribution in [0.15, 0.2) is 24.4 Å². The van der Waals surface area contributed by atoms with E-state index in [0.29, 0.717) is 17.2 Å². The molecule has 2 N–H and O–H groups in total. The maximum absolute atomic E-state index is 12.1. The van der Waals surface area contributed by atoms with Crippen molar-refractivity contribution >= 4 is 18.0 Å². The summed E-state index contributed by atoms with van der Waals surface area (Å²) in [4.78, 5) is 26.6. The average Bonchev–Trinajstić information content (AvgIpc) is 3.21. The van der Waals surface area contributed by atoms with Crippen molar-refractivity contribution in [2.75, 3.05) is 0 Å². The molecule has 1 amide bonds. The summed E-state index contributed by atoms with van der Waals surface area (Å²) in [6.45, 7) is 4.04. The number of amides is 1. The van der Waals surface area contributed by atoms with E-state index in [2.05, 4.69) is 10.3 Å². The Morgan fingerprint density at radius 3 is 2.60 bits per heavy atom. The van der Waals surface area contributed by atoms with Gasteiger partial charge in [-0.25, -0.2) is 4.79 Å². The fourth-order valence-corrected chi connectivity index (χ4v) is 2.07. The van der Waals surface area contributed by atoms with E-state index in [1.54, 1.807) is 12.1 Å². The molecule has 1 aliphatic rings. The SMILES string of the molecule is CC(C)(NC(=O)c1ccc(/C=C/C(=O)O)cn1)C1CC1. The number of nitrogens with one attached hydrogen (secondary N) is 1. The van der Waals surface area contributed by atoms with Gasteiger partial charge in [0.15, 0.2) is 0 Å². The summed E-state index contributed by atoms with van der Waals surface area (Å²) < 4.78 is 0. The first-order valence-corrected chi connectivity index (χ1v) is 6.58. The molecule has 5 heteroatoms. The highest BCUT2D eigenvalue weighted by Gasteiger charge is 2.38. The monoisotopic (exact) mass is 274 g/mol. The zero-order valence-corrected chi connectivity index (χ0v) is 11.6. The Hall–Kier alpha value is -2.17. The minimum absolute atomic E-state index is 0.198. The van der Waals surface area contributed by atoms with Crippen LogP contribution in [0.2, 0.25) is 0 Å². The smallest absolute Gasteiger partial charge is 0.328 e. The second-order valence-corrected chi connectivity index (χ2v) is 5.60. The van der Waals surface area contributed by atoms with Crippen molar-refractivity contribution in [3.05, 3.63) is 35.7 Å². The number of carbonyl (C=O) groups excluding carboxylic acids is 1. The van der Waals surface area contributed by atoms with E-state index in [9.17, 15) is 9.59 Å². The van der Waals surface area contributed by atoms with Crippen LogP contribution in [0.1, 0.15) is 42.7 Å². The molecule has 0 unspecified atom stereocenters. The van der Waals surface area contributed by atoms with Crippen molar-refractivity contribution < 1.29 is 14.7 Å². The van der Waals surface area contributed by atoms with Gasteiger partial charge in [0.1, 0.15) is 5.69 Å². The highest BCUT2D eigenvalue weighted by molar-refractivity contribution is 5.93. The van der Waals surface area contributed by atoms with E-state index in [1.165, 1.54) is 12.3 Å². The molecule has 20 heavy (non-hydrogen) atoms. The van der Waals surface area contributed by atoms with Crippen molar-refractivity contribution in [1.29, 1.82) is 0 Å². The molecule has 2 rings (SSSR count). The van der Waals surface area contributed by atoms with Gasteiger partial charge in [-0.3, -0.25) is 9.78 Å². The summed E-state index contributed by atoms with van der Waals surface area (Å²) in [7, 11) is 0. The number of hydrogen-bond acceptors (Lipinski definition) is 3. The summed E-state index contributed by atoms with van der Waals surface area (Å²) in [6.07, 6.45) is 6.26. The summed E-state index contributed by atoms with van der Waals surface area (Å²) >= 11 is 0. The molecular formula is C15H18N2O3. The Balaban J connectivity index is 2.02. The van der Waals surface area contributed by atoms with Crippen LogP contribution in [0.5, 0.6) is 0 Å². The van der Waals surface area contributed by atoms with Gasteiger partial charge in [0, 0.05) is 17.8 Å². The lowest BCUT2D eigenvalue weighted by atomic mass is 9.98. The second-order valence-electron chi connectivity index (χ2n) is 5.60. The minimum Gasteiger partial charge on any atom is -0.478 e. The van der Waals surface area contributed by atoms with Gasteiger partial charge in [-0.05, 0) is 50.3 Å². The fraction of sp³-hybridized carbons (Fsp3) is 0.400. The van der Waals surface area contributed by atoms with Crippen LogP contribution in [-0.4, -0.2) is 27.5 Å². The summed E-state index contributed by atoms with van der Waals surface area (Å²) in [5.41, 5.74) is 0.775. The third kappa shape index (κ3) is 3.66. The molecule has 0 spiro atoms. The van der Waals surface area contributed by atoms with E-state index < -0.39 is 5.97 Å². The number of carbonyl (C=O) groups is 2. The second kappa shape index (κ2) is 5.45. The van der Waals surface area contributed by atoms with Crippen LogP contribution < -0.4 is 5.32 Å². The van der Waals surface area contributed by atoms with Gasteiger partial charge in [-0.2, -0.15) is 0 Å². The Labute approximate surface area is 117 Å². The maximum Gasteiger partial charge on any atom is 0.328 e. The van der Waals surface area contributed by atoms with E-state index in [0.717, 1.165) is 18.9 Å². The molecule has 1 fully saturated rings. The Bertz CT molecular complexity index is 543. The molecule has 0 aliphatic heterocycles. The van der Waals surface area contributed by atoms with E-state index >= 15 is 0 Å². The predicted molar refractivity (Wildman–Crippen MR) is 75.2 cm³/mol. The lowest BCUT2D eigenvalue weighted by Crippen LogP contribution is -2.45. The minimum atomic E-state index is -1.02. The van der Waals surface area contributed by atoms with Gasteiger partial charge in [-0.1, -0.05) is 6.07 Å². The molecule has 1 aliphatic carbocycles. The third-order valence-corrected chi connectivity index (χ3v) is 3.47. The number of nitrogens with zero attached hydrogens (tertiary/aromatic N) is 1. The molecule has 0 aromatic carbocycles. The lowest BCUT2D eigenvalue weighted by Gasteiger charge is -2.25. The highest BCUT2D eigenvalue weighted by Crippen LogP contribution is 2.39. The maximum atomic E-state index is 12.1. The zero-order chi connectivity index (χ0) is 14.8. The predicted octanol–water partition coefficient (Wildman–Crippen LogP) is 2.10. The van der Waals surface area contributed by atoms with Crippen LogP contribution in [0, 0.1) is 5.92 Å². The highest BCUT2D eigenvalue weighted by atomic mass is 16.4. The first-order chi connectivity index (χ1) is 9.38. The molecule has 1 heterocycles. The average molecular weight is 274 g/mol. The molecule has 0 atom stereocenters. The molecule has 5 nitrogen and oxygen atoms in total. The van der Waals surface area contributed by atoms with Gasteiger partial charge < -0.3 is 10.4 Å². The third-order valence-electron chi connectivity index (χ3n) is 3.47. The topological polar surface area (TPSA) is 79.3 Å². The molecule has 1 saturated carbocycles. The number of hydrogen-bond donors (Lipinski definition) is 2. The van der Waals surface area contributed by atoms with Gasteiger partial charge in [0.25, 0.3) is 5.91 Å². The number of aliphatic carboxylic acids is 1. The van der Waals surface area contributed by atoms with Gasteiger partial charge in [0.2, 0.25) is 0 Å². The quantitative estimate of drug-likeness (QED) is 0.806. The van der Waals surface area contributed by atoms with Crippen LogP contribution in [0.25, 0.3) is 6.08 Å². The van der Waals surface area contributed by atoms with E-state index in [4.69, 9.17) is 5.11 Å². The van der Waals surface area contributed by atoms with Gasteiger partial charge >= 0.3 is 5.97 Å². The van der Waals surface area contributed by atoms with Gasteiger partial charge in [-0.15, -0.1) is 0 Å². The summed E-state index contributed by atoms with van der Waals surface area (Å²) in [5.74, 6) is -0.669. The van der Waals surface area contributed by atoms with Crippen molar-refractivity contribution in [3.8, 4) is 0 Å². The van der Waals surface area contributed by atoms with Crippen molar-refractivity contribution in [3.63, 3.8) is 0 Å². The molecule has 106 valence electrons. The Kier molecular flexibility index (Phi) is 3.88. The molecule has 0 radical (unpaired) electrons. The van der Waals surface area contributed by atoms with Gasteiger partial charge in [0.05, 0.1) is 0 Å². The summed E-state index contributed by atoms with van der Waals surface area (Å²) in [5, 5.41) is 11.5. The van der Waals surface area contributed by atoms with E-state index in [1.807, 2.05) is 13.8 Å². The standard InChI is InChI=1S/C15H18N2O3/c1-15(2,11-5-6-11)17-14(20)12-7-3-10(9-16-12)4-8-13(18)19/h3-4,7-9,11H,5-6H2,1-2H3,(H,17,20)(H,18,19)/b8-4+. The molecule has 1 aromatic heterocycles. The number of carboxylic acid groups (broad SMARTS) is 1. The first kappa shape index (κ1) is 14.2. The summed E-state index contributed by atoms with van der Waals surface area (Å²) in [6, 6.07) is 3.27. The lowest BCUT2D eigenvalue weighted by molar-refractivity contribution is -0.131. The molecule has 1 aromatic rings. The number of rotatable bonds is 5. The molecule has 0 bridgehead atoms. The van der Waals surface area contributed by atoms with Crippen molar-refractivity contribution in [2.45, 2.75) is 32.2 Å². The Morgan fingerprint density at radius 2 is 2.10 bits per heavy atom. The first-order valence-electron chi connectivity index (χ1n) is 6.58. The normalized spacial score (nSPS) is 15.3. The fourth-order valence-electron chi connectivity index (χ4n) is 2.07. The number of aromatic nitrogens is 1. The zero-order valence-electron chi connectivity index (χ0n) is 11.6. The number of pyridine rings is 1. The number of carboxylic acids is 1. The van der Waals surface area contributed by atoms with Crippen LogP contribution in [0.4, 0.5) is 0 Å².